The third-order valence-electron chi connectivity index (χ3n) is 2.98. The van der Waals surface area contributed by atoms with Crippen LogP contribution in [-0.2, 0) is 4.79 Å². The molecule has 0 unspecified atom stereocenters. The van der Waals surface area contributed by atoms with Crippen LogP contribution < -0.4 is 14.8 Å². The summed E-state index contributed by atoms with van der Waals surface area (Å²) in [6, 6.07) is 3.04. The Kier molecular flexibility index (Phi) is 5.83. The highest BCUT2D eigenvalue weighted by molar-refractivity contribution is 5.90. The molecule has 1 aromatic carbocycles. The Hall–Kier alpha value is -2.44. The number of nitrogens with zero attached hydrogens (tertiary/aromatic N) is 1. The predicted octanol–water partition coefficient (Wildman–Crippen LogP) is 1.95. The van der Waals surface area contributed by atoms with Gasteiger partial charge < -0.3 is 24.8 Å². The van der Waals surface area contributed by atoms with Crippen molar-refractivity contribution >= 4 is 17.7 Å². The number of carbonyl (C=O) groups is 2. The van der Waals surface area contributed by atoms with Crippen LogP contribution in [0.2, 0.25) is 0 Å². The van der Waals surface area contributed by atoms with E-state index in [0.717, 1.165) is 5.56 Å². The van der Waals surface area contributed by atoms with E-state index >= 15 is 0 Å². The first-order chi connectivity index (χ1) is 9.88. The Labute approximate surface area is 123 Å². The molecule has 0 fully saturated rings. The second kappa shape index (κ2) is 7.37. The minimum absolute atomic E-state index is 0.102. The zero-order valence-electron chi connectivity index (χ0n) is 12.6. The minimum atomic E-state index is -0.947. The molecule has 1 rings (SSSR count). The maximum atomic E-state index is 12.0. The molecular weight excluding hydrogens is 276 g/mol. The first-order valence-corrected chi connectivity index (χ1v) is 6.35. The molecule has 0 aromatic heterocycles. The number of anilines is 1. The predicted molar refractivity (Wildman–Crippen MR) is 78.2 cm³/mol. The highest BCUT2D eigenvalue weighted by atomic mass is 16.5. The van der Waals surface area contributed by atoms with Crippen molar-refractivity contribution in [2.45, 2.75) is 13.3 Å². The fourth-order valence-corrected chi connectivity index (χ4v) is 1.69. The van der Waals surface area contributed by atoms with Crippen molar-refractivity contribution in [2.24, 2.45) is 0 Å². The van der Waals surface area contributed by atoms with Gasteiger partial charge in [-0.25, -0.2) is 4.79 Å². The van der Waals surface area contributed by atoms with E-state index in [1.54, 1.807) is 12.1 Å². The molecule has 0 saturated heterocycles. The van der Waals surface area contributed by atoms with Gasteiger partial charge in [-0.2, -0.15) is 0 Å². The van der Waals surface area contributed by atoms with Gasteiger partial charge in [0.25, 0.3) is 0 Å². The Morgan fingerprint density at radius 3 is 2.33 bits per heavy atom. The Balaban J connectivity index is 2.82. The van der Waals surface area contributed by atoms with E-state index in [4.69, 9.17) is 14.6 Å². The van der Waals surface area contributed by atoms with Gasteiger partial charge in [0.2, 0.25) is 0 Å². The number of aryl methyl sites for hydroxylation is 1. The summed E-state index contributed by atoms with van der Waals surface area (Å²) in [4.78, 5) is 23.8. The number of carboxylic acids is 1. The number of benzene rings is 1. The topological polar surface area (TPSA) is 88.1 Å². The normalized spacial score (nSPS) is 9.90. The lowest BCUT2D eigenvalue weighted by Gasteiger charge is -2.19. The van der Waals surface area contributed by atoms with E-state index in [1.807, 2.05) is 6.92 Å². The molecule has 0 bridgehead atoms. The molecule has 0 aliphatic heterocycles. The second-order valence-corrected chi connectivity index (χ2v) is 4.52. The first kappa shape index (κ1) is 16.6. The third kappa shape index (κ3) is 4.55. The molecule has 0 atom stereocenters. The van der Waals surface area contributed by atoms with Gasteiger partial charge in [0.05, 0.1) is 20.6 Å². The number of carboxylic acid groups (broad SMARTS) is 1. The van der Waals surface area contributed by atoms with Crippen molar-refractivity contribution in [3.63, 3.8) is 0 Å². The van der Waals surface area contributed by atoms with Gasteiger partial charge in [0.15, 0.2) is 11.5 Å². The van der Waals surface area contributed by atoms with Gasteiger partial charge in [-0.1, -0.05) is 0 Å². The molecule has 1 aromatic rings. The van der Waals surface area contributed by atoms with E-state index in [2.05, 4.69) is 5.32 Å². The van der Waals surface area contributed by atoms with Crippen LogP contribution in [0.1, 0.15) is 12.0 Å². The Morgan fingerprint density at radius 2 is 1.81 bits per heavy atom. The minimum Gasteiger partial charge on any atom is -0.493 e. The van der Waals surface area contributed by atoms with Crippen LogP contribution in [-0.4, -0.2) is 49.8 Å². The van der Waals surface area contributed by atoms with E-state index in [9.17, 15) is 9.59 Å². The van der Waals surface area contributed by atoms with Gasteiger partial charge in [0, 0.05) is 25.3 Å². The number of amides is 2. The van der Waals surface area contributed by atoms with Crippen molar-refractivity contribution in [3.05, 3.63) is 17.7 Å². The number of aliphatic carboxylic acids is 1. The van der Waals surface area contributed by atoms with Crippen LogP contribution in [0.3, 0.4) is 0 Å². The summed E-state index contributed by atoms with van der Waals surface area (Å²) in [5, 5.41) is 11.3. The maximum absolute atomic E-state index is 12.0. The van der Waals surface area contributed by atoms with Crippen LogP contribution in [0.25, 0.3) is 0 Å². The SMILES string of the molecule is COc1cc(C)c(NC(=O)N(C)CCC(=O)O)cc1OC. The zero-order valence-corrected chi connectivity index (χ0v) is 12.6. The molecular formula is C14H20N2O5. The van der Waals surface area contributed by atoms with Gasteiger partial charge in [-0.3, -0.25) is 4.79 Å². The Bertz CT molecular complexity index is 530. The Morgan fingerprint density at radius 1 is 1.24 bits per heavy atom. The number of urea groups is 1. The summed E-state index contributed by atoms with van der Waals surface area (Å²) in [5.74, 6) is 0.135. The maximum Gasteiger partial charge on any atom is 0.321 e. The molecule has 0 aliphatic rings. The molecule has 2 amide bonds. The molecule has 21 heavy (non-hydrogen) atoms. The lowest BCUT2D eigenvalue weighted by atomic mass is 10.1. The smallest absolute Gasteiger partial charge is 0.321 e. The molecule has 0 spiro atoms. The van der Waals surface area contributed by atoms with E-state index in [0.29, 0.717) is 17.2 Å². The van der Waals surface area contributed by atoms with E-state index in [1.165, 1.54) is 26.2 Å². The summed E-state index contributed by atoms with van der Waals surface area (Å²) in [6.45, 7) is 1.96. The lowest BCUT2D eigenvalue weighted by molar-refractivity contribution is -0.137. The third-order valence-corrected chi connectivity index (χ3v) is 2.98. The summed E-state index contributed by atoms with van der Waals surface area (Å²) < 4.78 is 10.4. The first-order valence-electron chi connectivity index (χ1n) is 6.35. The lowest BCUT2D eigenvalue weighted by Crippen LogP contribution is -2.33. The fraction of sp³-hybridized carbons (Fsp3) is 0.429. The van der Waals surface area contributed by atoms with Crippen LogP contribution in [0.15, 0.2) is 12.1 Å². The fourth-order valence-electron chi connectivity index (χ4n) is 1.69. The number of methoxy groups -OCH3 is 2. The average Bonchev–Trinajstić information content (AvgIpc) is 2.45. The number of ether oxygens (including phenoxy) is 2. The molecule has 0 heterocycles. The highest BCUT2D eigenvalue weighted by Gasteiger charge is 2.14. The average molecular weight is 296 g/mol. The van der Waals surface area contributed by atoms with Crippen molar-refractivity contribution in [2.75, 3.05) is 33.1 Å². The van der Waals surface area contributed by atoms with E-state index < -0.39 is 5.97 Å². The summed E-state index contributed by atoms with van der Waals surface area (Å²) >= 11 is 0. The summed E-state index contributed by atoms with van der Waals surface area (Å²) in [5.41, 5.74) is 1.40. The number of rotatable bonds is 6. The molecule has 7 heteroatoms. The van der Waals surface area contributed by atoms with Crippen molar-refractivity contribution < 1.29 is 24.2 Å². The molecule has 2 N–H and O–H groups in total. The second-order valence-electron chi connectivity index (χ2n) is 4.52. The van der Waals surface area contributed by atoms with Crippen LogP contribution in [0.5, 0.6) is 11.5 Å². The van der Waals surface area contributed by atoms with Gasteiger partial charge >= 0.3 is 12.0 Å². The zero-order chi connectivity index (χ0) is 16.0. The number of nitrogens with one attached hydrogen (secondary N) is 1. The molecule has 0 radical (unpaired) electrons. The number of carbonyl (C=O) groups excluding carboxylic acids is 1. The van der Waals surface area contributed by atoms with Gasteiger partial charge in [0.1, 0.15) is 0 Å². The van der Waals surface area contributed by atoms with Crippen molar-refractivity contribution in [3.8, 4) is 11.5 Å². The quantitative estimate of drug-likeness (QED) is 0.837. The van der Waals surface area contributed by atoms with Crippen molar-refractivity contribution in [1.29, 1.82) is 0 Å². The highest BCUT2D eigenvalue weighted by Crippen LogP contribution is 2.32. The molecule has 0 aliphatic carbocycles. The van der Waals surface area contributed by atoms with Crippen LogP contribution >= 0.6 is 0 Å². The molecule has 7 nitrogen and oxygen atoms in total. The summed E-state index contributed by atoms with van der Waals surface area (Å²) in [7, 11) is 4.58. The van der Waals surface area contributed by atoms with Gasteiger partial charge in [-0.15, -0.1) is 0 Å². The monoisotopic (exact) mass is 296 g/mol. The van der Waals surface area contributed by atoms with E-state index in [-0.39, 0.29) is 19.0 Å². The number of hydrogen-bond acceptors (Lipinski definition) is 4. The number of hydrogen-bond donors (Lipinski definition) is 2. The summed E-state index contributed by atoms with van der Waals surface area (Å²) in [6.07, 6.45) is -0.102. The standard InChI is InChI=1S/C14H20N2O5/c1-9-7-11(20-3)12(21-4)8-10(9)15-14(19)16(2)6-5-13(17)18/h7-8H,5-6H2,1-4H3,(H,15,19)(H,17,18). The largest absolute Gasteiger partial charge is 0.493 e. The molecule has 0 saturated carbocycles. The van der Waals surface area contributed by atoms with Gasteiger partial charge in [-0.05, 0) is 18.6 Å². The molecule has 116 valence electrons. The van der Waals surface area contributed by atoms with Crippen LogP contribution in [0, 0.1) is 6.92 Å². The van der Waals surface area contributed by atoms with Crippen molar-refractivity contribution in [1.82, 2.24) is 4.90 Å². The van der Waals surface area contributed by atoms with Crippen LogP contribution in [0.4, 0.5) is 10.5 Å².